The summed E-state index contributed by atoms with van der Waals surface area (Å²) in [6, 6.07) is 7.72. The molecule has 0 spiro atoms. The van der Waals surface area contributed by atoms with Crippen LogP contribution in [0.5, 0.6) is 11.5 Å². The molecule has 1 aliphatic heterocycles. The first-order valence-electron chi connectivity index (χ1n) is 10.2. The highest BCUT2D eigenvalue weighted by atomic mass is 32.1. The van der Waals surface area contributed by atoms with Crippen LogP contribution in [-0.2, 0) is 24.2 Å². The second-order valence-corrected chi connectivity index (χ2v) is 8.52. The lowest BCUT2D eigenvalue weighted by Crippen LogP contribution is -2.33. The first-order valence-corrected chi connectivity index (χ1v) is 11.0. The van der Waals surface area contributed by atoms with Gasteiger partial charge in [0.05, 0.1) is 4.88 Å². The van der Waals surface area contributed by atoms with Gasteiger partial charge in [-0.25, -0.2) is 0 Å². The first kappa shape index (κ1) is 19.8. The fraction of sp³-hybridized carbons (Fsp3) is 0.455. The van der Waals surface area contributed by atoms with Crippen LogP contribution in [-0.4, -0.2) is 36.6 Å². The number of carbonyl (C=O) groups is 2. The zero-order valence-electron chi connectivity index (χ0n) is 16.8. The van der Waals surface area contributed by atoms with Crippen molar-refractivity contribution in [3.63, 3.8) is 0 Å². The third-order valence-corrected chi connectivity index (χ3v) is 6.84. The average molecular weight is 415 g/mol. The molecule has 0 bridgehead atoms. The van der Waals surface area contributed by atoms with Crippen LogP contribution in [0.25, 0.3) is 0 Å². The second-order valence-electron chi connectivity index (χ2n) is 7.38. The largest absolute Gasteiger partial charge is 0.454 e. The number of carbonyl (C=O) groups excluding carboxylic acids is 2. The molecular formula is C22H26N2O4S. The summed E-state index contributed by atoms with van der Waals surface area (Å²) in [5.74, 6) is 1.58. The van der Waals surface area contributed by atoms with Gasteiger partial charge in [0.25, 0.3) is 5.91 Å². The van der Waals surface area contributed by atoms with Gasteiger partial charge in [-0.15, -0.1) is 11.3 Å². The van der Waals surface area contributed by atoms with Gasteiger partial charge < -0.3 is 19.7 Å². The summed E-state index contributed by atoms with van der Waals surface area (Å²) in [4.78, 5) is 29.2. The van der Waals surface area contributed by atoms with Crippen molar-refractivity contribution in [2.45, 2.75) is 39.7 Å². The lowest BCUT2D eigenvalue weighted by molar-refractivity contribution is -0.125. The van der Waals surface area contributed by atoms with E-state index < -0.39 is 0 Å². The SMILES string of the molecule is CCN(CC)C(=O)c1cc2c(s1)CC[C@H](C(=O)NCc1ccc3c(c1)OCO3)C2. The summed E-state index contributed by atoms with van der Waals surface area (Å²) in [6.07, 6.45) is 2.37. The van der Waals surface area contributed by atoms with Gasteiger partial charge in [-0.1, -0.05) is 6.07 Å². The Morgan fingerprint density at radius 1 is 1.17 bits per heavy atom. The molecule has 7 heteroatoms. The van der Waals surface area contributed by atoms with Crippen molar-refractivity contribution in [3.05, 3.63) is 45.1 Å². The number of hydrogen-bond acceptors (Lipinski definition) is 5. The van der Waals surface area contributed by atoms with Gasteiger partial charge in [0.15, 0.2) is 11.5 Å². The summed E-state index contributed by atoms with van der Waals surface area (Å²) in [5, 5.41) is 3.05. The fourth-order valence-corrected chi connectivity index (χ4v) is 5.08. The van der Waals surface area contributed by atoms with Crippen molar-refractivity contribution < 1.29 is 19.1 Å². The maximum atomic E-state index is 12.7. The van der Waals surface area contributed by atoms with Gasteiger partial charge in [-0.2, -0.15) is 0 Å². The van der Waals surface area contributed by atoms with E-state index in [1.807, 2.05) is 43.0 Å². The predicted molar refractivity (Wildman–Crippen MR) is 111 cm³/mol. The molecule has 29 heavy (non-hydrogen) atoms. The topological polar surface area (TPSA) is 67.9 Å². The van der Waals surface area contributed by atoms with E-state index in [0.717, 1.165) is 40.3 Å². The Bertz CT molecular complexity index is 920. The molecule has 4 rings (SSSR count). The number of rotatable bonds is 6. The smallest absolute Gasteiger partial charge is 0.263 e. The lowest BCUT2D eigenvalue weighted by Gasteiger charge is -2.21. The molecule has 6 nitrogen and oxygen atoms in total. The number of fused-ring (bicyclic) bond motifs is 2. The van der Waals surface area contributed by atoms with Gasteiger partial charge in [0.1, 0.15) is 0 Å². The predicted octanol–water partition coefficient (Wildman–Crippen LogP) is 3.38. The molecule has 1 aliphatic carbocycles. The molecule has 0 saturated carbocycles. The molecule has 0 saturated heterocycles. The highest BCUT2D eigenvalue weighted by molar-refractivity contribution is 7.14. The van der Waals surface area contributed by atoms with Crippen LogP contribution < -0.4 is 14.8 Å². The van der Waals surface area contributed by atoms with E-state index in [1.54, 1.807) is 11.3 Å². The first-order chi connectivity index (χ1) is 14.1. The Morgan fingerprint density at radius 3 is 2.76 bits per heavy atom. The molecule has 154 valence electrons. The maximum Gasteiger partial charge on any atom is 0.263 e. The van der Waals surface area contributed by atoms with Crippen molar-refractivity contribution >= 4 is 23.2 Å². The number of hydrogen-bond donors (Lipinski definition) is 1. The molecular weight excluding hydrogens is 388 g/mol. The third kappa shape index (κ3) is 4.10. The van der Waals surface area contributed by atoms with Crippen LogP contribution >= 0.6 is 11.3 Å². The van der Waals surface area contributed by atoms with E-state index in [-0.39, 0.29) is 24.5 Å². The molecule has 1 N–H and O–H groups in total. The highest BCUT2D eigenvalue weighted by Gasteiger charge is 2.28. The van der Waals surface area contributed by atoms with Crippen LogP contribution in [0.15, 0.2) is 24.3 Å². The van der Waals surface area contributed by atoms with Crippen molar-refractivity contribution in [1.82, 2.24) is 10.2 Å². The van der Waals surface area contributed by atoms with Gasteiger partial charge in [0.2, 0.25) is 12.7 Å². The van der Waals surface area contributed by atoms with Crippen LogP contribution in [0.1, 0.15) is 45.9 Å². The minimum atomic E-state index is -0.0532. The van der Waals surface area contributed by atoms with E-state index in [4.69, 9.17) is 9.47 Å². The van der Waals surface area contributed by atoms with Crippen molar-refractivity contribution in [2.24, 2.45) is 5.92 Å². The molecule has 0 unspecified atom stereocenters. The van der Waals surface area contributed by atoms with E-state index in [1.165, 1.54) is 4.88 Å². The second kappa shape index (κ2) is 8.45. The minimum absolute atomic E-state index is 0.0532. The number of amides is 2. The normalized spacial score (nSPS) is 17.0. The third-order valence-electron chi connectivity index (χ3n) is 5.62. The maximum absolute atomic E-state index is 12.7. The standard InChI is InChI=1S/C22H26N2O4S/c1-3-24(4-2)22(26)20-11-16-10-15(6-8-19(16)29-20)21(25)23-12-14-5-7-17-18(9-14)28-13-27-17/h5,7,9,11,15H,3-4,6,8,10,12-13H2,1-2H3,(H,23,25)/t15-/m0/s1. The van der Waals surface area contributed by atoms with Crippen molar-refractivity contribution in [1.29, 1.82) is 0 Å². The van der Waals surface area contributed by atoms with Gasteiger partial charge >= 0.3 is 0 Å². The summed E-state index contributed by atoms with van der Waals surface area (Å²) in [6.45, 7) is 6.12. The molecule has 1 atom stereocenters. The van der Waals surface area contributed by atoms with E-state index >= 15 is 0 Å². The summed E-state index contributed by atoms with van der Waals surface area (Å²) >= 11 is 1.59. The van der Waals surface area contributed by atoms with Crippen LogP contribution in [0.2, 0.25) is 0 Å². The molecule has 2 aromatic rings. The van der Waals surface area contributed by atoms with Crippen LogP contribution in [0, 0.1) is 5.92 Å². The highest BCUT2D eigenvalue weighted by Crippen LogP contribution is 2.34. The molecule has 1 aromatic carbocycles. The molecule has 0 radical (unpaired) electrons. The Morgan fingerprint density at radius 2 is 1.97 bits per heavy atom. The van der Waals surface area contributed by atoms with Gasteiger partial charge in [0, 0.05) is 30.4 Å². The molecule has 2 amide bonds. The molecule has 2 aliphatic rings. The van der Waals surface area contributed by atoms with E-state index in [9.17, 15) is 9.59 Å². The fourth-order valence-electron chi connectivity index (χ4n) is 3.90. The summed E-state index contributed by atoms with van der Waals surface area (Å²) in [5.41, 5.74) is 2.14. The number of nitrogens with zero attached hydrogens (tertiary/aromatic N) is 1. The van der Waals surface area contributed by atoms with Crippen LogP contribution in [0.3, 0.4) is 0 Å². The van der Waals surface area contributed by atoms with Gasteiger partial charge in [-0.3, -0.25) is 9.59 Å². The van der Waals surface area contributed by atoms with Crippen molar-refractivity contribution in [2.75, 3.05) is 19.9 Å². The zero-order valence-corrected chi connectivity index (χ0v) is 17.6. The number of thiophene rings is 1. The van der Waals surface area contributed by atoms with E-state index in [2.05, 4.69) is 5.32 Å². The lowest BCUT2D eigenvalue weighted by atomic mass is 9.87. The molecule has 0 fully saturated rings. The zero-order chi connectivity index (χ0) is 20.4. The summed E-state index contributed by atoms with van der Waals surface area (Å²) in [7, 11) is 0. The number of aryl methyl sites for hydroxylation is 1. The van der Waals surface area contributed by atoms with Crippen LogP contribution in [0.4, 0.5) is 0 Å². The van der Waals surface area contributed by atoms with Gasteiger partial charge in [-0.05, 0) is 62.4 Å². The quantitative estimate of drug-likeness (QED) is 0.787. The Labute approximate surface area is 174 Å². The summed E-state index contributed by atoms with van der Waals surface area (Å²) < 4.78 is 10.7. The number of benzene rings is 1. The Hall–Kier alpha value is -2.54. The Kier molecular flexibility index (Phi) is 5.76. The molecule has 2 heterocycles. The number of ether oxygens (including phenoxy) is 2. The average Bonchev–Trinajstić information content (AvgIpc) is 3.38. The van der Waals surface area contributed by atoms with E-state index in [0.29, 0.717) is 26.1 Å². The monoisotopic (exact) mass is 414 g/mol. The molecule has 1 aromatic heterocycles. The van der Waals surface area contributed by atoms with Crippen molar-refractivity contribution in [3.8, 4) is 11.5 Å². The minimum Gasteiger partial charge on any atom is -0.454 e. The number of nitrogens with one attached hydrogen (secondary N) is 1. The Balaban J connectivity index is 1.36.